The van der Waals surface area contributed by atoms with Crippen LogP contribution in [0.4, 0.5) is 5.69 Å². The summed E-state index contributed by atoms with van der Waals surface area (Å²) in [5.41, 5.74) is 0.936. The zero-order chi connectivity index (χ0) is 18.4. The molecule has 0 aliphatic carbocycles. The Morgan fingerprint density at radius 1 is 1.31 bits per heavy atom. The first-order valence-corrected chi connectivity index (χ1v) is 10.4. The maximum Gasteiger partial charge on any atom is 0.228 e. The first-order valence-electron chi connectivity index (χ1n) is 9.55. The van der Waals surface area contributed by atoms with Gasteiger partial charge in [0.05, 0.1) is 0 Å². The van der Waals surface area contributed by atoms with E-state index in [1.54, 1.807) is 11.3 Å². The molecule has 0 radical (unpaired) electrons. The molecule has 26 heavy (non-hydrogen) atoms. The van der Waals surface area contributed by atoms with Gasteiger partial charge in [0.2, 0.25) is 5.91 Å². The second kappa shape index (κ2) is 9.19. The fourth-order valence-electron chi connectivity index (χ4n) is 3.49. The summed E-state index contributed by atoms with van der Waals surface area (Å²) in [7, 11) is 0. The molecular formula is C21H28N2O2S. The highest BCUT2D eigenvalue weighted by Crippen LogP contribution is 2.31. The lowest BCUT2D eigenvalue weighted by Gasteiger charge is -2.23. The molecule has 0 saturated carbocycles. The average Bonchev–Trinajstić information content (AvgIpc) is 3.11. The van der Waals surface area contributed by atoms with Crippen molar-refractivity contribution in [1.29, 1.82) is 0 Å². The van der Waals surface area contributed by atoms with Crippen LogP contribution in [0.2, 0.25) is 0 Å². The van der Waals surface area contributed by atoms with Gasteiger partial charge in [-0.25, -0.2) is 0 Å². The number of carbonyl (C=O) groups is 1. The van der Waals surface area contributed by atoms with Crippen LogP contribution in [0.1, 0.15) is 50.5 Å². The van der Waals surface area contributed by atoms with Crippen LogP contribution in [0.5, 0.6) is 5.75 Å². The van der Waals surface area contributed by atoms with E-state index in [2.05, 4.69) is 36.7 Å². The molecule has 1 fully saturated rings. The lowest BCUT2D eigenvalue weighted by atomic mass is 10.1. The van der Waals surface area contributed by atoms with E-state index < -0.39 is 0 Å². The Bertz CT molecular complexity index is 702. The minimum atomic E-state index is 0.0585. The summed E-state index contributed by atoms with van der Waals surface area (Å²) in [4.78, 5) is 15.9. The van der Waals surface area contributed by atoms with Gasteiger partial charge in [0.1, 0.15) is 11.9 Å². The van der Waals surface area contributed by atoms with Crippen molar-refractivity contribution in [2.24, 2.45) is 0 Å². The molecule has 2 atom stereocenters. The van der Waals surface area contributed by atoms with Crippen molar-refractivity contribution in [3.8, 4) is 5.75 Å². The number of benzene rings is 1. The quantitative estimate of drug-likeness (QED) is 0.761. The number of hydrogen-bond acceptors (Lipinski definition) is 4. The Morgan fingerprint density at radius 2 is 2.19 bits per heavy atom. The highest BCUT2D eigenvalue weighted by Gasteiger charge is 2.24. The lowest BCUT2D eigenvalue weighted by molar-refractivity contribution is -0.118. The highest BCUT2D eigenvalue weighted by molar-refractivity contribution is 7.10. The average molecular weight is 373 g/mol. The van der Waals surface area contributed by atoms with Crippen molar-refractivity contribution in [2.75, 3.05) is 18.0 Å². The number of anilines is 1. The van der Waals surface area contributed by atoms with E-state index in [4.69, 9.17) is 4.74 Å². The molecule has 0 bridgehead atoms. The Kier molecular flexibility index (Phi) is 6.69. The molecule has 1 amide bonds. The van der Waals surface area contributed by atoms with Gasteiger partial charge in [0, 0.05) is 35.6 Å². The molecule has 1 saturated heterocycles. The highest BCUT2D eigenvalue weighted by atomic mass is 32.1. The van der Waals surface area contributed by atoms with Crippen molar-refractivity contribution < 1.29 is 9.53 Å². The summed E-state index contributed by atoms with van der Waals surface area (Å²) < 4.78 is 6.23. The summed E-state index contributed by atoms with van der Waals surface area (Å²) in [6, 6.07) is 12.4. The molecule has 1 unspecified atom stereocenters. The summed E-state index contributed by atoms with van der Waals surface area (Å²) in [5.74, 6) is 1.01. The largest absolute Gasteiger partial charge is 0.485 e. The number of nitrogens with zero attached hydrogens (tertiary/aromatic N) is 1. The van der Waals surface area contributed by atoms with Gasteiger partial charge in [-0.2, -0.15) is 0 Å². The third-order valence-corrected chi connectivity index (χ3v) is 5.75. The first-order chi connectivity index (χ1) is 12.7. The smallest absolute Gasteiger partial charge is 0.228 e. The Labute approximate surface area is 160 Å². The topological polar surface area (TPSA) is 41.6 Å². The molecule has 1 aromatic carbocycles. The molecule has 1 aliphatic heterocycles. The van der Waals surface area contributed by atoms with Gasteiger partial charge in [0.15, 0.2) is 0 Å². The van der Waals surface area contributed by atoms with Crippen LogP contribution in [0.25, 0.3) is 0 Å². The summed E-state index contributed by atoms with van der Waals surface area (Å²) in [6.45, 7) is 5.90. The van der Waals surface area contributed by atoms with Gasteiger partial charge in [-0.3, -0.25) is 4.79 Å². The van der Waals surface area contributed by atoms with E-state index in [1.165, 1.54) is 4.88 Å². The van der Waals surface area contributed by atoms with E-state index in [9.17, 15) is 4.79 Å². The van der Waals surface area contributed by atoms with Crippen molar-refractivity contribution >= 4 is 22.9 Å². The first kappa shape index (κ1) is 18.9. The molecule has 2 aromatic rings. The minimum absolute atomic E-state index is 0.0585. The molecule has 1 N–H and O–H groups in total. The minimum Gasteiger partial charge on any atom is -0.485 e. The van der Waals surface area contributed by atoms with Gasteiger partial charge >= 0.3 is 0 Å². The Morgan fingerprint density at radius 3 is 2.92 bits per heavy atom. The maximum atomic E-state index is 12.7. The molecule has 3 rings (SSSR count). The molecular weight excluding hydrogens is 344 g/mol. The molecule has 5 heteroatoms. The van der Waals surface area contributed by atoms with E-state index in [1.807, 2.05) is 29.2 Å². The zero-order valence-corrected chi connectivity index (χ0v) is 16.4. The van der Waals surface area contributed by atoms with E-state index in [-0.39, 0.29) is 12.0 Å². The molecule has 1 aliphatic rings. The predicted octanol–water partition coefficient (Wildman–Crippen LogP) is 4.77. The fraction of sp³-hybridized carbons (Fsp3) is 0.476. The van der Waals surface area contributed by atoms with Crippen LogP contribution < -0.4 is 15.0 Å². The van der Waals surface area contributed by atoms with Crippen LogP contribution in [0.15, 0.2) is 41.8 Å². The van der Waals surface area contributed by atoms with Gasteiger partial charge in [-0.05, 0) is 49.4 Å². The summed E-state index contributed by atoms with van der Waals surface area (Å²) in [6.07, 6.45) is 3.59. The third kappa shape index (κ3) is 4.65. The number of hydrogen-bond donors (Lipinski definition) is 1. The van der Waals surface area contributed by atoms with Gasteiger partial charge in [-0.1, -0.05) is 26.0 Å². The molecule has 4 nitrogen and oxygen atoms in total. The molecule has 0 spiro atoms. The monoisotopic (exact) mass is 372 g/mol. The third-order valence-electron chi connectivity index (χ3n) is 4.79. The predicted molar refractivity (Wildman–Crippen MR) is 108 cm³/mol. The van der Waals surface area contributed by atoms with Crippen LogP contribution in [-0.4, -0.2) is 25.0 Å². The van der Waals surface area contributed by atoms with E-state index >= 15 is 0 Å². The number of amides is 1. The normalized spacial score (nSPS) is 19.2. The summed E-state index contributed by atoms with van der Waals surface area (Å²) in [5, 5.41) is 5.49. The van der Waals surface area contributed by atoms with Crippen LogP contribution in [0, 0.1) is 0 Å². The van der Waals surface area contributed by atoms with Crippen molar-refractivity contribution in [3.63, 3.8) is 0 Å². The second-order valence-electron chi connectivity index (χ2n) is 6.67. The second-order valence-corrected chi connectivity index (χ2v) is 7.65. The fourth-order valence-corrected chi connectivity index (χ4v) is 4.32. The van der Waals surface area contributed by atoms with Crippen molar-refractivity contribution in [2.45, 2.75) is 51.7 Å². The summed E-state index contributed by atoms with van der Waals surface area (Å²) >= 11 is 1.72. The molecule has 2 heterocycles. The zero-order valence-electron chi connectivity index (χ0n) is 15.6. The number of thiophene rings is 1. The van der Waals surface area contributed by atoms with Crippen molar-refractivity contribution in [1.82, 2.24) is 5.32 Å². The molecule has 140 valence electrons. The van der Waals surface area contributed by atoms with Crippen LogP contribution >= 0.6 is 11.3 Å². The van der Waals surface area contributed by atoms with E-state index in [0.29, 0.717) is 12.5 Å². The lowest BCUT2D eigenvalue weighted by Crippen LogP contribution is -2.34. The molecule has 1 aromatic heterocycles. The standard InChI is InChI=1S/C21H28N2O2S/c1-3-19(20-11-7-13-26-20)25-18-10-5-9-17(15-18)23-12-6-8-16(22-4-2)14-21(23)24/h5,7,9-11,13,15-16,19,22H,3-4,6,8,12,14H2,1-2H3/t16?,19-/m0/s1. The van der Waals surface area contributed by atoms with Gasteiger partial charge < -0.3 is 15.0 Å². The van der Waals surface area contributed by atoms with Crippen molar-refractivity contribution in [3.05, 3.63) is 46.7 Å². The SMILES string of the molecule is CCNC1CCCN(c2cccc(O[C@@H](CC)c3cccs3)c2)C(=O)C1. The van der Waals surface area contributed by atoms with Crippen LogP contribution in [0.3, 0.4) is 0 Å². The number of ether oxygens (including phenoxy) is 1. The van der Waals surface area contributed by atoms with Gasteiger partial charge in [0.25, 0.3) is 0 Å². The Balaban J connectivity index is 1.73. The van der Waals surface area contributed by atoms with E-state index in [0.717, 1.165) is 43.8 Å². The number of nitrogens with one attached hydrogen (secondary N) is 1. The number of carbonyl (C=O) groups excluding carboxylic acids is 1. The number of rotatable bonds is 7. The Hall–Kier alpha value is -1.85. The van der Waals surface area contributed by atoms with Crippen LogP contribution in [-0.2, 0) is 4.79 Å². The van der Waals surface area contributed by atoms with Gasteiger partial charge in [-0.15, -0.1) is 11.3 Å². The maximum absolute atomic E-state index is 12.7.